The summed E-state index contributed by atoms with van der Waals surface area (Å²) >= 11 is 0. The summed E-state index contributed by atoms with van der Waals surface area (Å²) in [6.45, 7) is 6.68. The van der Waals surface area contributed by atoms with E-state index in [4.69, 9.17) is 4.74 Å². The number of hydrogen-bond acceptors (Lipinski definition) is 4. The highest BCUT2D eigenvalue weighted by molar-refractivity contribution is 5.92. The number of amides is 1. The molecule has 0 unspecified atom stereocenters. The largest absolute Gasteiger partial charge is 0.376 e. The van der Waals surface area contributed by atoms with Gasteiger partial charge in [0.05, 0.1) is 12.7 Å². The summed E-state index contributed by atoms with van der Waals surface area (Å²) in [7, 11) is 0. The van der Waals surface area contributed by atoms with Crippen LogP contribution in [0.4, 0.5) is 0 Å². The first-order chi connectivity index (χ1) is 11.2. The minimum Gasteiger partial charge on any atom is -0.376 e. The molecule has 6 heteroatoms. The van der Waals surface area contributed by atoms with Gasteiger partial charge in [-0.2, -0.15) is 5.10 Å². The zero-order valence-corrected chi connectivity index (χ0v) is 13.8. The maximum atomic E-state index is 12.6. The maximum Gasteiger partial charge on any atom is 0.274 e. The fraction of sp³-hybridized carbons (Fsp3) is 0.765. The summed E-state index contributed by atoms with van der Waals surface area (Å²) in [5.74, 6) is 0.694. The highest BCUT2D eigenvalue weighted by atomic mass is 16.5. The summed E-state index contributed by atoms with van der Waals surface area (Å²) in [5.41, 5.74) is 1.72. The molecule has 126 valence electrons. The first kappa shape index (κ1) is 15.1. The van der Waals surface area contributed by atoms with Crippen LogP contribution in [0.5, 0.6) is 0 Å². The zero-order chi connectivity index (χ0) is 15.8. The molecule has 1 amide bonds. The summed E-state index contributed by atoms with van der Waals surface area (Å²) < 4.78 is 5.62. The number of H-pyrrole nitrogens is 1. The van der Waals surface area contributed by atoms with Gasteiger partial charge < -0.3 is 9.64 Å². The van der Waals surface area contributed by atoms with Crippen LogP contribution in [0.25, 0.3) is 0 Å². The van der Waals surface area contributed by atoms with Crippen LogP contribution in [0.15, 0.2) is 6.07 Å². The molecular formula is C17H26N4O2. The molecule has 2 aliphatic heterocycles. The van der Waals surface area contributed by atoms with E-state index in [9.17, 15) is 4.79 Å². The molecule has 1 saturated carbocycles. The van der Waals surface area contributed by atoms with Gasteiger partial charge in [0.2, 0.25) is 0 Å². The number of likely N-dealkylation sites (tertiary alicyclic amines) is 1. The van der Waals surface area contributed by atoms with Crippen molar-refractivity contribution in [2.24, 2.45) is 0 Å². The van der Waals surface area contributed by atoms with Gasteiger partial charge in [0, 0.05) is 43.8 Å². The number of carbonyl (C=O) groups excluding carboxylic acids is 1. The molecule has 0 radical (unpaired) electrons. The number of nitrogens with zero attached hydrogens (tertiary/aromatic N) is 3. The molecule has 3 aliphatic rings. The molecule has 2 saturated heterocycles. The van der Waals surface area contributed by atoms with Crippen LogP contribution >= 0.6 is 0 Å². The predicted molar refractivity (Wildman–Crippen MR) is 86.5 cm³/mol. The van der Waals surface area contributed by atoms with Gasteiger partial charge in [0.25, 0.3) is 5.91 Å². The van der Waals surface area contributed by atoms with Crippen molar-refractivity contribution in [2.45, 2.75) is 50.7 Å². The number of piperidine rings is 1. The molecule has 23 heavy (non-hydrogen) atoms. The van der Waals surface area contributed by atoms with E-state index in [1.54, 1.807) is 0 Å². The van der Waals surface area contributed by atoms with E-state index in [0.717, 1.165) is 51.3 Å². The Morgan fingerprint density at radius 3 is 2.74 bits per heavy atom. The maximum absolute atomic E-state index is 12.6. The quantitative estimate of drug-likeness (QED) is 0.920. The number of hydrogen-bond donors (Lipinski definition) is 1. The number of nitrogens with one attached hydrogen (secondary N) is 1. The number of rotatable bonds is 3. The lowest BCUT2D eigenvalue weighted by Gasteiger charge is -2.41. The number of morpholine rings is 1. The summed E-state index contributed by atoms with van der Waals surface area (Å²) in [5, 5.41) is 7.26. The Bertz CT molecular complexity index is 561. The van der Waals surface area contributed by atoms with E-state index < -0.39 is 0 Å². The fourth-order valence-corrected chi connectivity index (χ4v) is 3.82. The van der Waals surface area contributed by atoms with E-state index in [1.807, 2.05) is 11.0 Å². The molecule has 6 nitrogen and oxygen atoms in total. The van der Waals surface area contributed by atoms with Gasteiger partial charge in [-0.15, -0.1) is 0 Å². The lowest BCUT2D eigenvalue weighted by molar-refractivity contribution is -0.0424. The summed E-state index contributed by atoms with van der Waals surface area (Å²) in [6.07, 6.45) is 4.88. The van der Waals surface area contributed by atoms with Crippen LogP contribution < -0.4 is 0 Å². The zero-order valence-electron chi connectivity index (χ0n) is 13.8. The van der Waals surface area contributed by atoms with E-state index in [2.05, 4.69) is 22.0 Å². The Balaban J connectivity index is 1.32. The Hall–Kier alpha value is -1.40. The highest BCUT2D eigenvalue weighted by Gasteiger charge is 2.31. The summed E-state index contributed by atoms with van der Waals surface area (Å²) in [6, 6.07) is 2.54. The third-order valence-corrected chi connectivity index (χ3v) is 5.37. The van der Waals surface area contributed by atoms with E-state index >= 15 is 0 Å². The molecule has 1 N–H and O–H groups in total. The van der Waals surface area contributed by atoms with Crippen molar-refractivity contribution in [1.29, 1.82) is 0 Å². The minimum absolute atomic E-state index is 0.0851. The number of carbonyl (C=O) groups is 1. The van der Waals surface area contributed by atoms with Crippen LogP contribution in [0.3, 0.4) is 0 Å². The second-order valence-electron chi connectivity index (χ2n) is 7.18. The van der Waals surface area contributed by atoms with Crippen molar-refractivity contribution < 1.29 is 9.53 Å². The van der Waals surface area contributed by atoms with Gasteiger partial charge in [0.1, 0.15) is 5.69 Å². The Kier molecular flexibility index (Phi) is 4.11. The molecule has 1 aromatic heterocycles. The Morgan fingerprint density at radius 2 is 2.04 bits per heavy atom. The molecule has 1 aromatic rings. The third-order valence-electron chi connectivity index (χ3n) is 5.37. The van der Waals surface area contributed by atoms with Crippen molar-refractivity contribution in [3.8, 4) is 0 Å². The monoisotopic (exact) mass is 318 g/mol. The topological polar surface area (TPSA) is 61.5 Å². The second-order valence-corrected chi connectivity index (χ2v) is 7.18. The van der Waals surface area contributed by atoms with Gasteiger partial charge in [-0.05, 0) is 38.7 Å². The first-order valence-corrected chi connectivity index (χ1v) is 8.91. The average molecular weight is 318 g/mol. The molecule has 3 fully saturated rings. The van der Waals surface area contributed by atoms with Crippen LogP contribution in [0.2, 0.25) is 0 Å². The van der Waals surface area contributed by atoms with E-state index in [1.165, 1.54) is 12.8 Å². The standard InChI is InChI=1S/C17H26N4O2/c1-12-11-21(8-9-23-12)14-4-6-20(7-5-14)17(22)16-10-15(18-19-16)13-2-3-13/h10,12-14H,2-9,11H2,1H3,(H,18,19)/t12-/m0/s1. The molecule has 0 bridgehead atoms. The number of ether oxygens (including phenoxy) is 1. The Morgan fingerprint density at radius 1 is 1.26 bits per heavy atom. The van der Waals surface area contributed by atoms with Gasteiger partial charge in [-0.3, -0.25) is 14.8 Å². The lowest BCUT2D eigenvalue weighted by Crippen LogP contribution is -2.51. The SMILES string of the molecule is C[C@H]1CN(C2CCN(C(=O)c3cc(C4CC4)[nH]n3)CC2)CCO1. The third kappa shape index (κ3) is 3.28. The number of aromatic amines is 1. The van der Waals surface area contributed by atoms with Crippen LogP contribution in [-0.2, 0) is 4.74 Å². The van der Waals surface area contributed by atoms with Crippen LogP contribution in [-0.4, -0.2) is 70.8 Å². The molecule has 1 atom stereocenters. The van der Waals surface area contributed by atoms with Gasteiger partial charge in [-0.25, -0.2) is 0 Å². The van der Waals surface area contributed by atoms with Gasteiger partial charge in [-0.1, -0.05) is 0 Å². The summed E-state index contributed by atoms with van der Waals surface area (Å²) in [4.78, 5) is 17.1. The van der Waals surface area contributed by atoms with Crippen molar-refractivity contribution in [3.05, 3.63) is 17.5 Å². The molecule has 3 heterocycles. The second kappa shape index (κ2) is 6.24. The van der Waals surface area contributed by atoms with Crippen LogP contribution in [0.1, 0.15) is 54.7 Å². The van der Waals surface area contributed by atoms with Crippen molar-refractivity contribution in [3.63, 3.8) is 0 Å². The van der Waals surface area contributed by atoms with Gasteiger partial charge in [0.15, 0.2) is 0 Å². The molecule has 0 spiro atoms. The van der Waals surface area contributed by atoms with E-state index in [0.29, 0.717) is 23.8 Å². The van der Waals surface area contributed by atoms with Crippen molar-refractivity contribution in [1.82, 2.24) is 20.0 Å². The number of aromatic nitrogens is 2. The molecule has 0 aromatic carbocycles. The molecule has 4 rings (SSSR count). The smallest absolute Gasteiger partial charge is 0.274 e. The Labute approximate surface area is 137 Å². The van der Waals surface area contributed by atoms with Crippen LogP contribution in [0, 0.1) is 0 Å². The minimum atomic E-state index is 0.0851. The fourth-order valence-electron chi connectivity index (χ4n) is 3.82. The highest BCUT2D eigenvalue weighted by Crippen LogP contribution is 2.39. The lowest BCUT2D eigenvalue weighted by atomic mass is 10.0. The van der Waals surface area contributed by atoms with E-state index in [-0.39, 0.29) is 5.91 Å². The van der Waals surface area contributed by atoms with Crippen molar-refractivity contribution >= 4 is 5.91 Å². The first-order valence-electron chi connectivity index (χ1n) is 8.91. The van der Waals surface area contributed by atoms with Crippen molar-refractivity contribution in [2.75, 3.05) is 32.8 Å². The average Bonchev–Trinajstić information content (AvgIpc) is 3.32. The predicted octanol–water partition coefficient (Wildman–Crippen LogP) is 1.61. The molecule has 1 aliphatic carbocycles. The molecular weight excluding hydrogens is 292 g/mol. The normalized spacial score (nSPS) is 27.3. The van der Waals surface area contributed by atoms with Gasteiger partial charge >= 0.3 is 0 Å².